The Morgan fingerprint density at radius 2 is 1.96 bits per heavy atom. The first-order chi connectivity index (χ1) is 11.8. The molecule has 2 heterocycles. The molecule has 130 valence electrons. The number of benzene rings is 1. The van der Waals surface area contributed by atoms with Crippen LogP contribution in [0.25, 0.3) is 5.69 Å². The van der Waals surface area contributed by atoms with Gasteiger partial charge in [0.15, 0.2) is 10.8 Å². The van der Waals surface area contributed by atoms with Crippen LogP contribution in [0, 0.1) is 13.8 Å². The lowest BCUT2D eigenvalue weighted by atomic mass is 10.2. The van der Waals surface area contributed by atoms with Crippen LogP contribution < -0.4 is 5.32 Å². The molecule has 2 aromatic heterocycles. The highest BCUT2D eigenvalue weighted by Crippen LogP contribution is 2.31. The SMILES string of the molecule is Cc1ccccc1-n1ncc(C(=O)Nc2nc(C(F)(F)F)cs2)c1C. The molecule has 1 aromatic carbocycles. The van der Waals surface area contributed by atoms with E-state index in [0.717, 1.165) is 28.0 Å². The summed E-state index contributed by atoms with van der Waals surface area (Å²) in [5, 5.41) is 7.35. The molecule has 9 heteroatoms. The fraction of sp³-hybridized carbons (Fsp3) is 0.188. The van der Waals surface area contributed by atoms with Gasteiger partial charge in [0.2, 0.25) is 0 Å². The number of hydrogen-bond donors (Lipinski definition) is 1. The lowest BCUT2D eigenvalue weighted by Crippen LogP contribution is -2.14. The third-order valence-corrected chi connectivity index (χ3v) is 4.37. The minimum Gasteiger partial charge on any atom is -0.298 e. The number of aromatic nitrogens is 3. The number of nitrogens with zero attached hydrogens (tertiary/aromatic N) is 3. The molecule has 0 aliphatic carbocycles. The van der Waals surface area contributed by atoms with E-state index in [9.17, 15) is 18.0 Å². The predicted octanol–water partition coefficient (Wildman–Crippen LogP) is 4.22. The predicted molar refractivity (Wildman–Crippen MR) is 88.1 cm³/mol. The average molecular weight is 366 g/mol. The fourth-order valence-corrected chi connectivity index (χ4v) is 3.01. The Labute approximate surface area is 145 Å². The van der Waals surface area contributed by atoms with Gasteiger partial charge in [-0.1, -0.05) is 18.2 Å². The number of thiazole rings is 1. The van der Waals surface area contributed by atoms with E-state index in [1.165, 1.54) is 6.20 Å². The molecule has 0 unspecified atom stereocenters. The van der Waals surface area contributed by atoms with Gasteiger partial charge in [-0.3, -0.25) is 10.1 Å². The molecule has 0 aliphatic heterocycles. The van der Waals surface area contributed by atoms with Crippen LogP contribution in [-0.4, -0.2) is 20.7 Å². The van der Waals surface area contributed by atoms with Crippen molar-refractivity contribution in [3.63, 3.8) is 0 Å². The molecule has 0 radical (unpaired) electrons. The Morgan fingerprint density at radius 3 is 2.60 bits per heavy atom. The second-order valence-electron chi connectivity index (χ2n) is 5.33. The minimum absolute atomic E-state index is 0.111. The number of amides is 1. The fourth-order valence-electron chi connectivity index (χ4n) is 2.30. The highest BCUT2D eigenvalue weighted by atomic mass is 32.1. The van der Waals surface area contributed by atoms with Gasteiger partial charge < -0.3 is 0 Å². The molecule has 0 saturated heterocycles. The van der Waals surface area contributed by atoms with Gasteiger partial charge >= 0.3 is 6.18 Å². The van der Waals surface area contributed by atoms with Gasteiger partial charge in [-0.25, -0.2) is 9.67 Å². The summed E-state index contributed by atoms with van der Waals surface area (Å²) in [7, 11) is 0. The number of rotatable bonds is 3. The molecule has 3 rings (SSSR count). The zero-order valence-corrected chi connectivity index (χ0v) is 14.1. The highest BCUT2D eigenvalue weighted by Gasteiger charge is 2.34. The third kappa shape index (κ3) is 3.41. The van der Waals surface area contributed by atoms with Gasteiger partial charge in [0, 0.05) is 5.38 Å². The molecule has 1 N–H and O–H groups in total. The molecule has 0 spiro atoms. The number of halogens is 3. The van der Waals surface area contributed by atoms with E-state index in [4.69, 9.17) is 0 Å². The quantitative estimate of drug-likeness (QED) is 0.755. The van der Waals surface area contributed by atoms with Crippen LogP contribution in [0.5, 0.6) is 0 Å². The molecule has 5 nitrogen and oxygen atoms in total. The Hall–Kier alpha value is -2.68. The zero-order chi connectivity index (χ0) is 18.2. The maximum Gasteiger partial charge on any atom is 0.434 e. The lowest BCUT2D eigenvalue weighted by molar-refractivity contribution is -0.140. The van der Waals surface area contributed by atoms with Gasteiger partial charge in [-0.05, 0) is 25.5 Å². The minimum atomic E-state index is -4.54. The topological polar surface area (TPSA) is 59.8 Å². The Bertz CT molecular complexity index is 930. The summed E-state index contributed by atoms with van der Waals surface area (Å²) in [5.41, 5.74) is 1.63. The maximum atomic E-state index is 12.6. The maximum absolute atomic E-state index is 12.6. The van der Waals surface area contributed by atoms with Crippen LogP contribution in [0.4, 0.5) is 18.3 Å². The second kappa shape index (κ2) is 6.32. The number of carbonyl (C=O) groups is 1. The number of aryl methyl sites for hydroxylation is 1. The van der Waals surface area contributed by atoms with Crippen LogP contribution in [0.2, 0.25) is 0 Å². The zero-order valence-electron chi connectivity index (χ0n) is 13.3. The summed E-state index contributed by atoms with van der Waals surface area (Å²) in [6.45, 7) is 3.64. The van der Waals surface area contributed by atoms with E-state index >= 15 is 0 Å². The molecule has 0 saturated carbocycles. The van der Waals surface area contributed by atoms with Crippen LogP contribution in [0.3, 0.4) is 0 Å². The summed E-state index contributed by atoms with van der Waals surface area (Å²) in [5.74, 6) is -0.555. The Morgan fingerprint density at radius 1 is 1.24 bits per heavy atom. The van der Waals surface area contributed by atoms with Crippen molar-refractivity contribution in [1.82, 2.24) is 14.8 Å². The van der Waals surface area contributed by atoms with Gasteiger partial charge in [0.25, 0.3) is 5.91 Å². The van der Waals surface area contributed by atoms with E-state index in [1.807, 2.05) is 31.2 Å². The first-order valence-corrected chi connectivity index (χ1v) is 8.10. The smallest absolute Gasteiger partial charge is 0.298 e. The number of carbonyl (C=O) groups excluding carboxylic acids is 1. The van der Waals surface area contributed by atoms with Gasteiger partial charge in [0.1, 0.15) is 0 Å². The standard InChI is InChI=1S/C16H13F3N4OS/c1-9-5-3-4-6-12(9)23-10(2)11(7-20-23)14(24)22-15-21-13(8-25-15)16(17,18)19/h3-8H,1-2H3,(H,21,22,24). The van der Waals surface area contributed by atoms with Crippen LogP contribution >= 0.6 is 11.3 Å². The van der Waals surface area contributed by atoms with Crippen molar-refractivity contribution < 1.29 is 18.0 Å². The molecule has 0 aliphatic rings. The van der Waals surface area contributed by atoms with Crippen molar-refractivity contribution >= 4 is 22.4 Å². The molecule has 0 fully saturated rings. The average Bonchev–Trinajstić information content (AvgIpc) is 3.14. The molecule has 1 amide bonds. The van der Waals surface area contributed by atoms with Crippen molar-refractivity contribution in [3.05, 3.63) is 58.4 Å². The molecule has 0 atom stereocenters. The summed E-state index contributed by atoms with van der Waals surface area (Å²) >= 11 is 0.721. The van der Waals surface area contributed by atoms with Crippen molar-refractivity contribution in [2.75, 3.05) is 5.32 Å². The monoisotopic (exact) mass is 366 g/mol. The summed E-state index contributed by atoms with van der Waals surface area (Å²) < 4.78 is 39.3. The Balaban J connectivity index is 1.84. The summed E-state index contributed by atoms with van der Waals surface area (Å²) in [6.07, 6.45) is -3.15. The highest BCUT2D eigenvalue weighted by molar-refractivity contribution is 7.14. The van der Waals surface area contributed by atoms with Crippen LogP contribution in [-0.2, 0) is 6.18 Å². The van der Waals surface area contributed by atoms with E-state index in [1.54, 1.807) is 11.6 Å². The van der Waals surface area contributed by atoms with E-state index < -0.39 is 17.8 Å². The third-order valence-electron chi connectivity index (χ3n) is 3.61. The van der Waals surface area contributed by atoms with Crippen LogP contribution in [0.1, 0.15) is 27.3 Å². The van der Waals surface area contributed by atoms with Crippen molar-refractivity contribution in [3.8, 4) is 5.69 Å². The number of anilines is 1. The number of alkyl halides is 3. The second-order valence-corrected chi connectivity index (χ2v) is 6.19. The van der Waals surface area contributed by atoms with Crippen molar-refractivity contribution in [2.24, 2.45) is 0 Å². The van der Waals surface area contributed by atoms with Crippen molar-refractivity contribution in [2.45, 2.75) is 20.0 Å². The lowest BCUT2D eigenvalue weighted by Gasteiger charge is -2.08. The molecule has 25 heavy (non-hydrogen) atoms. The number of para-hydroxylation sites is 1. The molecular weight excluding hydrogens is 353 g/mol. The first kappa shape index (κ1) is 17.2. The van der Waals surface area contributed by atoms with E-state index in [0.29, 0.717) is 5.69 Å². The van der Waals surface area contributed by atoms with Gasteiger partial charge in [-0.15, -0.1) is 11.3 Å². The largest absolute Gasteiger partial charge is 0.434 e. The Kier molecular flexibility index (Phi) is 4.34. The number of hydrogen-bond acceptors (Lipinski definition) is 4. The van der Waals surface area contributed by atoms with Crippen LogP contribution in [0.15, 0.2) is 35.8 Å². The number of nitrogens with one attached hydrogen (secondary N) is 1. The molecule has 3 aromatic rings. The van der Waals surface area contributed by atoms with Gasteiger partial charge in [0.05, 0.1) is 23.1 Å². The van der Waals surface area contributed by atoms with E-state index in [-0.39, 0.29) is 10.7 Å². The molecular formula is C16H13F3N4OS. The molecule has 0 bridgehead atoms. The first-order valence-electron chi connectivity index (χ1n) is 7.22. The summed E-state index contributed by atoms with van der Waals surface area (Å²) in [6, 6.07) is 7.54. The summed E-state index contributed by atoms with van der Waals surface area (Å²) in [4.78, 5) is 15.7. The van der Waals surface area contributed by atoms with Gasteiger partial charge in [-0.2, -0.15) is 18.3 Å². The van der Waals surface area contributed by atoms with Crippen molar-refractivity contribution in [1.29, 1.82) is 0 Å². The normalized spacial score (nSPS) is 11.6. The van der Waals surface area contributed by atoms with E-state index in [2.05, 4.69) is 15.4 Å².